The van der Waals surface area contributed by atoms with E-state index in [1.54, 1.807) is 42.7 Å². The van der Waals surface area contributed by atoms with Crippen molar-refractivity contribution in [3.63, 3.8) is 0 Å². The third-order valence-electron chi connectivity index (χ3n) is 3.62. The van der Waals surface area contributed by atoms with Crippen molar-refractivity contribution in [1.29, 1.82) is 0 Å². The number of thiocarbonyl (C=S) groups is 1. The van der Waals surface area contributed by atoms with Gasteiger partial charge in [0.15, 0.2) is 18.1 Å². The number of carbonyl (C=O) groups excluding carboxylic acids is 2. The number of nitrogens with zero attached hydrogens (tertiary/aromatic N) is 1. The van der Waals surface area contributed by atoms with Crippen molar-refractivity contribution in [2.75, 3.05) is 13.7 Å². The van der Waals surface area contributed by atoms with E-state index in [0.717, 1.165) is 5.56 Å². The molecule has 1 aliphatic heterocycles. The summed E-state index contributed by atoms with van der Waals surface area (Å²) < 4.78 is 16.3. The highest BCUT2D eigenvalue weighted by molar-refractivity contribution is 8.26. The summed E-state index contributed by atoms with van der Waals surface area (Å²) in [6.07, 6.45) is 3.28. The fraction of sp³-hybridized carbons (Fsp3) is 0.167. The first-order valence-corrected chi connectivity index (χ1v) is 9.07. The number of ether oxygens (including phenoxy) is 2. The number of carbonyl (C=O) groups is 2. The molecule has 7 nitrogen and oxygen atoms in total. The Morgan fingerprint density at radius 3 is 2.85 bits per heavy atom. The summed E-state index contributed by atoms with van der Waals surface area (Å²) >= 11 is 6.53. The topological polar surface area (TPSA) is 95.0 Å². The highest BCUT2D eigenvalue weighted by atomic mass is 32.2. The molecular weight excluding hydrogens is 388 g/mol. The van der Waals surface area contributed by atoms with Gasteiger partial charge in [-0.2, -0.15) is 0 Å². The van der Waals surface area contributed by atoms with Gasteiger partial charge in [-0.3, -0.25) is 14.5 Å². The monoisotopic (exact) mass is 404 g/mol. The van der Waals surface area contributed by atoms with Crippen LogP contribution >= 0.6 is 24.0 Å². The maximum atomic E-state index is 12.6. The van der Waals surface area contributed by atoms with Gasteiger partial charge in [0.1, 0.15) is 10.1 Å². The predicted octanol–water partition coefficient (Wildman–Crippen LogP) is 2.55. The van der Waals surface area contributed by atoms with Gasteiger partial charge in [0, 0.05) is 0 Å². The van der Waals surface area contributed by atoms with Gasteiger partial charge >= 0.3 is 0 Å². The van der Waals surface area contributed by atoms with Gasteiger partial charge < -0.3 is 19.6 Å². The number of nitrogens with two attached hydrogens (primary N) is 1. The number of furan rings is 1. The molecule has 0 spiro atoms. The zero-order valence-electron chi connectivity index (χ0n) is 14.3. The van der Waals surface area contributed by atoms with Gasteiger partial charge in [-0.1, -0.05) is 30.0 Å². The second-order valence-corrected chi connectivity index (χ2v) is 7.19. The minimum absolute atomic E-state index is 0.186. The lowest BCUT2D eigenvalue weighted by molar-refractivity contribution is -0.122. The molecule has 2 N–H and O–H groups in total. The van der Waals surface area contributed by atoms with E-state index in [2.05, 4.69) is 0 Å². The molecule has 1 fully saturated rings. The molecular formula is C18H16N2O5S2. The van der Waals surface area contributed by atoms with Crippen LogP contribution in [0.5, 0.6) is 11.5 Å². The Morgan fingerprint density at radius 1 is 1.37 bits per heavy atom. The van der Waals surface area contributed by atoms with Gasteiger partial charge in [-0.15, -0.1) is 0 Å². The average molecular weight is 404 g/mol. The number of amides is 2. The highest BCUT2D eigenvalue weighted by Crippen LogP contribution is 2.35. The second kappa shape index (κ2) is 8.28. The van der Waals surface area contributed by atoms with Gasteiger partial charge in [-0.25, -0.2) is 0 Å². The molecule has 140 valence electrons. The number of benzene rings is 1. The Morgan fingerprint density at radius 2 is 2.19 bits per heavy atom. The third kappa shape index (κ3) is 4.50. The molecule has 9 heteroatoms. The first-order valence-electron chi connectivity index (χ1n) is 7.85. The number of hydrogen-bond acceptors (Lipinski definition) is 7. The molecule has 0 atom stereocenters. The summed E-state index contributed by atoms with van der Waals surface area (Å²) in [4.78, 5) is 25.5. The molecule has 0 aliphatic carbocycles. The molecule has 1 aliphatic rings. The molecule has 2 amide bonds. The normalized spacial score (nSPS) is 15.4. The van der Waals surface area contributed by atoms with E-state index in [0.29, 0.717) is 26.5 Å². The van der Waals surface area contributed by atoms with Crippen LogP contribution in [-0.2, 0) is 16.1 Å². The van der Waals surface area contributed by atoms with Crippen molar-refractivity contribution in [1.82, 2.24) is 4.90 Å². The van der Waals surface area contributed by atoms with Gasteiger partial charge in [0.05, 0.1) is 24.8 Å². The second-order valence-electron chi connectivity index (χ2n) is 5.51. The van der Waals surface area contributed by atoms with Crippen molar-refractivity contribution < 1.29 is 23.5 Å². The Hall–Kier alpha value is -2.78. The molecule has 1 saturated heterocycles. The minimum Gasteiger partial charge on any atom is -0.493 e. The number of primary amides is 1. The number of methoxy groups -OCH3 is 1. The van der Waals surface area contributed by atoms with Crippen LogP contribution in [0, 0.1) is 0 Å². The van der Waals surface area contributed by atoms with Crippen LogP contribution < -0.4 is 15.2 Å². The largest absolute Gasteiger partial charge is 0.493 e. The highest BCUT2D eigenvalue weighted by Gasteiger charge is 2.32. The Bertz CT molecular complexity index is 908. The SMILES string of the molecule is COc1cc(/C=C2/SC(=S)N(Cc3ccco3)C2=O)ccc1OCC(N)=O. The summed E-state index contributed by atoms with van der Waals surface area (Å²) in [5, 5.41) is 0. The Labute approximate surface area is 165 Å². The molecule has 0 bridgehead atoms. The van der Waals surface area contributed by atoms with Crippen molar-refractivity contribution in [3.05, 3.63) is 52.8 Å². The van der Waals surface area contributed by atoms with Crippen LogP contribution in [0.3, 0.4) is 0 Å². The zero-order valence-corrected chi connectivity index (χ0v) is 16.0. The van der Waals surface area contributed by atoms with Crippen LogP contribution in [0.25, 0.3) is 6.08 Å². The average Bonchev–Trinajstić information content (AvgIpc) is 3.24. The van der Waals surface area contributed by atoms with E-state index in [4.69, 9.17) is 31.8 Å². The predicted molar refractivity (Wildman–Crippen MR) is 105 cm³/mol. The molecule has 1 aromatic heterocycles. The number of hydrogen-bond donors (Lipinski definition) is 1. The lowest BCUT2D eigenvalue weighted by Crippen LogP contribution is -2.27. The molecule has 3 rings (SSSR count). The standard InChI is InChI=1S/C18H16N2O5S2/c1-23-14-7-11(4-5-13(14)25-10-16(19)21)8-15-17(22)20(18(26)27-15)9-12-3-2-6-24-12/h2-8H,9-10H2,1H3,(H2,19,21)/b15-8+. The fourth-order valence-corrected chi connectivity index (χ4v) is 3.64. The summed E-state index contributed by atoms with van der Waals surface area (Å²) in [6, 6.07) is 8.65. The maximum Gasteiger partial charge on any atom is 0.266 e. The molecule has 2 aromatic rings. The first kappa shape index (κ1) is 19.0. The maximum absolute atomic E-state index is 12.6. The quantitative estimate of drug-likeness (QED) is 0.560. The van der Waals surface area contributed by atoms with Crippen molar-refractivity contribution in [2.24, 2.45) is 5.73 Å². The van der Waals surface area contributed by atoms with Crippen LogP contribution in [0.4, 0.5) is 0 Å². The number of rotatable bonds is 7. The van der Waals surface area contributed by atoms with Gasteiger partial charge in [0.25, 0.3) is 11.8 Å². The molecule has 0 unspecified atom stereocenters. The third-order valence-corrected chi connectivity index (χ3v) is 5.00. The lowest BCUT2D eigenvalue weighted by atomic mass is 10.2. The van der Waals surface area contributed by atoms with E-state index >= 15 is 0 Å². The minimum atomic E-state index is -0.582. The van der Waals surface area contributed by atoms with Crippen LogP contribution in [0.15, 0.2) is 45.9 Å². The molecule has 2 heterocycles. The molecule has 0 saturated carbocycles. The summed E-state index contributed by atoms with van der Waals surface area (Å²) in [7, 11) is 1.49. The van der Waals surface area contributed by atoms with E-state index in [9.17, 15) is 9.59 Å². The summed E-state index contributed by atoms with van der Waals surface area (Å²) in [6.45, 7) is 0.0410. The Kier molecular flexibility index (Phi) is 5.82. The van der Waals surface area contributed by atoms with Gasteiger partial charge in [0.2, 0.25) is 0 Å². The van der Waals surface area contributed by atoms with Gasteiger partial charge in [-0.05, 0) is 35.9 Å². The van der Waals surface area contributed by atoms with E-state index < -0.39 is 5.91 Å². The molecule has 1 aromatic carbocycles. The van der Waals surface area contributed by atoms with Crippen LogP contribution in [0.1, 0.15) is 11.3 Å². The van der Waals surface area contributed by atoms with Crippen molar-refractivity contribution >= 4 is 46.2 Å². The summed E-state index contributed by atoms with van der Waals surface area (Å²) in [5.41, 5.74) is 5.82. The zero-order chi connectivity index (χ0) is 19.4. The first-order chi connectivity index (χ1) is 13.0. The smallest absolute Gasteiger partial charge is 0.266 e. The van der Waals surface area contributed by atoms with Crippen molar-refractivity contribution in [2.45, 2.75) is 6.54 Å². The lowest BCUT2D eigenvalue weighted by Gasteiger charge is -2.12. The summed E-state index contributed by atoms with van der Waals surface area (Å²) in [5.74, 6) is 0.704. The van der Waals surface area contributed by atoms with E-state index in [-0.39, 0.29) is 19.1 Å². The number of thioether (sulfide) groups is 1. The van der Waals surface area contributed by atoms with E-state index in [1.807, 2.05) is 0 Å². The Balaban J connectivity index is 1.78. The van der Waals surface area contributed by atoms with Crippen molar-refractivity contribution in [3.8, 4) is 11.5 Å². The fourth-order valence-electron chi connectivity index (χ4n) is 2.39. The molecule has 27 heavy (non-hydrogen) atoms. The van der Waals surface area contributed by atoms with Crippen LogP contribution in [-0.4, -0.2) is 34.8 Å². The molecule has 0 radical (unpaired) electrons. The van der Waals surface area contributed by atoms with E-state index in [1.165, 1.54) is 23.8 Å². The van der Waals surface area contributed by atoms with Crippen LogP contribution in [0.2, 0.25) is 0 Å².